The highest BCUT2D eigenvalue weighted by Gasteiger charge is 2.00. The molecule has 0 aliphatic carbocycles. The minimum Gasteiger partial charge on any atom is -0.466 e. The van der Waals surface area contributed by atoms with Crippen LogP contribution < -0.4 is 0 Å². The maximum absolute atomic E-state index is 10.8. The van der Waals surface area contributed by atoms with Crippen molar-refractivity contribution in [3.63, 3.8) is 0 Å². The number of esters is 1. The van der Waals surface area contributed by atoms with Gasteiger partial charge in [0.25, 0.3) is 0 Å². The van der Waals surface area contributed by atoms with Gasteiger partial charge in [-0.2, -0.15) is 0 Å². The third-order valence-corrected chi connectivity index (χ3v) is 2.47. The van der Waals surface area contributed by atoms with Gasteiger partial charge < -0.3 is 14.2 Å². The molecule has 0 heterocycles. The molecule has 1 unspecified atom stereocenters. The van der Waals surface area contributed by atoms with Crippen LogP contribution in [0.2, 0.25) is 0 Å². The Morgan fingerprint density at radius 3 is 2.74 bits per heavy atom. The maximum atomic E-state index is 10.8. The first kappa shape index (κ1) is 15.4. The summed E-state index contributed by atoms with van der Waals surface area (Å²) in [6.45, 7) is 2.70. The van der Waals surface area contributed by atoms with Gasteiger partial charge in [0, 0.05) is 6.08 Å². The Bertz CT molecular complexity index is 386. The number of carbonyl (C=O) groups is 1. The van der Waals surface area contributed by atoms with Crippen molar-refractivity contribution in [1.82, 2.24) is 0 Å². The van der Waals surface area contributed by atoms with E-state index in [-0.39, 0.29) is 18.9 Å². The largest absolute Gasteiger partial charge is 0.466 e. The molecule has 0 aliphatic heterocycles. The van der Waals surface area contributed by atoms with Crippen molar-refractivity contribution in [2.75, 3.05) is 13.9 Å². The molecule has 0 N–H and O–H groups in total. The fourth-order valence-corrected chi connectivity index (χ4v) is 1.39. The molecule has 0 fully saturated rings. The van der Waals surface area contributed by atoms with Gasteiger partial charge in [0.1, 0.15) is 6.79 Å². The number of methoxy groups -OCH3 is 1. The number of hydrogen-bond donors (Lipinski definition) is 0. The van der Waals surface area contributed by atoms with Gasteiger partial charge in [0.05, 0.1) is 19.8 Å². The molecule has 1 aromatic carbocycles. The summed E-state index contributed by atoms with van der Waals surface area (Å²) in [6.07, 6.45) is 3.76. The molecule has 4 nitrogen and oxygen atoms in total. The summed E-state index contributed by atoms with van der Waals surface area (Å²) in [5, 5.41) is 0. The quantitative estimate of drug-likeness (QED) is 0.313. The van der Waals surface area contributed by atoms with Crippen molar-refractivity contribution < 1.29 is 19.0 Å². The van der Waals surface area contributed by atoms with E-state index in [1.54, 1.807) is 6.08 Å². The highest BCUT2D eigenvalue weighted by molar-refractivity contribution is 5.81. The number of hydrogen-bond acceptors (Lipinski definition) is 4. The van der Waals surface area contributed by atoms with Crippen LogP contribution in [0.25, 0.3) is 0 Å². The molecule has 1 rings (SSSR count). The van der Waals surface area contributed by atoms with Gasteiger partial charge in [0.2, 0.25) is 0 Å². The average molecular weight is 264 g/mol. The topological polar surface area (TPSA) is 44.8 Å². The lowest BCUT2D eigenvalue weighted by molar-refractivity contribution is -0.134. The van der Waals surface area contributed by atoms with Crippen LogP contribution in [0, 0.1) is 0 Å². The van der Waals surface area contributed by atoms with Crippen LogP contribution in [0.1, 0.15) is 18.9 Å². The van der Waals surface area contributed by atoms with Gasteiger partial charge >= 0.3 is 5.97 Å². The standard InChI is InChI=1S/C15H20O4/c1-13(7-6-10-15(16)17-2)19-12-18-11-14-8-4-3-5-9-14/h3-6,8-10,13H,7,11-12H2,1-2H3/b10-6+. The molecule has 0 amide bonds. The monoisotopic (exact) mass is 264 g/mol. The Morgan fingerprint density at radius 2 is 2.05 bits per heavy atom. The summed E-state index contributed by atoms with van der Waals surface area (Å²) in [4.78, 5) is 10.8. The third kappa shape index (κ3) is 7.39. The summed E-state index contributed by atoms with van der Waals surface area (Å²) in [5.74, 6) is -0.354. The van der Waals surface area contributed by atoms with Crippen molar-refractivity contribution in [2.45, 2.75) is 26.1 Å². The van der Waals surface area contributed by atoms with Gasteiger partial charge in [-0.25, -0.2) is 4.79 Å². The van der Waals surface area contributed by atoms with Crippen molar-refractivity contribution in [1.29, 1.82) is 0 Å². The molecule has 1 aromatic rings. The molecule has 1 atom stereocenters. The molecule has 19 heavy (non-hydrogen) atoms. The molecule has 0 bridgehead atoms. The first-order chi connectivity index (χ1) is 9.22. The normalized spacial score (nSPS) is 12.5. The maximum Gasteiger partial charge on any atom is 0.330 e. The fourth-order valence-electron chi connectivity index (χ4n) is 1.39. The summed E-state index contributed by atoms with van der Waals surface area (Å²) in [7, 11) is 1.35. The van der Waals surface area contributed by atoms with E-state index in [1.807, 2.05) is 37.3 Å². The lowest BCUT2D eigenvalue weighted by Crippen LogP contribution is -2.10. The van der Waals surface area contributed by atoms with Crippen LogP contribution in [-0.2, 0) is 25.6 Å². The van der Waals surface area contributed by atoms with Crippen LogP contribution in [-0.4, -0.2) is 26.0 Å². The Hall–Kier alpha value is -1.65. The Balaban J connectivity index is 2.09. The van der Waals surface area contributed by atoms with Crippen molar-refractivity contribution >= 4 is 5.97 Å². The van der Waals surface area contributed by atoms with Gasteiger partial charge in [-0.05, 0) is 18.9 Å². The lowest BCUT2D eigenvalue weighted by Gasteiger charge is -2.11. The van der Waals surface area contributed by atoms with Gasteiger partial charge in [-0.3, -0.25) is 0 Å². The molecular formula is C15H20O4. The van der Waals surface area contributed by atoms with E-state index in [1.165, 1.54) is 13.2 Å². The summed E-state index contributed by atoms with van der Waals surface area (Å²) in [5.41, 5.74) is 1.12. The number of carbonyl (C=O) groups excluding carboxylic acids is 1. The van der Waals surface area contributed by atoms with Gasteiger partial charge in [0.15, 0.2) is 0 Å². The number of ether oxygens (including phenoxy) is 3. The fraction of sp³-hybridized carbons (Fsp3) is 0.400. The molecule has 0 spiro atoms. The highest BCUT2D eigenvalue weighted by Crippen LogP contribution is 2.03. The van der Waals surface area contributed by atoms with E-state index < -0.39 is 0 Å². The minimum absolute atomic E-state index is 0.00307. The molecule has 0 aliphatic rings. The van der Waals surface area contributed by atoms with E-state index in [0.29, 0.717) is 13.0 Å². The molecule has 104 valence electrons. The molecule has 0 radical (unpaired) electrons. The van der Waals surface area contributed by atoms with Crippen LogP contribution in [0.5, 0.6) is 0 Å². The molecular weight excluding hydrogens is 244 g/mol. The third-order valence-electron chi connectivity index (χ3n) is 2.47. The average Bonchev–Trinajstić information content (AvgIpc) is 2.44. The SMILES string of the molecule is COC(=O)/C=C/CC(C)OCOCc1ccccc1. The predicted octanol–water partition coefficient (Wildman–Crippen LogP) is 2.69. The summed E-state index contributed by atoms with van der Waals surface area (Å²) < 4.78 is 15.3. The molecule has 4 heteroatoms. The number of benzene rings is 1. The zero-order valence-corrected chi connectivity index (χ0v) is 11.4. The van der Waals surface area contributed by atoms with Crippen molar-refractivity contribution in [2.24, 2.45) is 0 Å². The molecule has 0 saturated heterocycles. The summed E-state index contributed by atoms with van der Waals surface area (Å²) >= 11 is 0. The first-order valence-corrected chi connectivity index (χ1v) is 6.20. The van der Waals surface area contributed by atoms with Crippen LogP contribution >= 0.6 is 0 Å². The van der Waals surface area contributed by atoms with Crippen LogP contribution in [0.3, 0.4) is 0 Å². The second kappa shape index (κ2) is 9.30. The second-order valence-electron chi connectivity index (χ2n) is 4.09. The van der Waals surface area contributed by atoms with E-state index in [2.05, 4.69) is 4.74 Å². The van der Waals surface area contributed by atoms with Crippen molar-refractivity contribution in [3.8, 4) is 0 Å². The molecule has 0 aromatic heterocycles. The van der Waals surface area contributed by atoms with Crippen LogP contribution in [0.4, 0.5) is 0 Å². The Labute approximate surface area is 114 Å². The minimum atomic E-state index is -0.354. The first-order valence-electron chi connectivity index (χ1n) is 6.20. The number of rotatable bonds is 8. The lowest BCUT2D eigenvalue weighted by atomic mass is 10.2. The van der Waals surface area contributed by atoms with E-state index in [4.69, 9.17) is 9.47 Å². The van der Waals surface area contributed by atoms with Crippen LogP contribution in [0.15, 0.2) is 42.5 Å². The molecule has 0 saturated carbocycles. The Morgan fingerprint density at radius 1 is 1.32 bits per heavy atom. The summed E-state index contributed by atoms with van der Waals surface area (Å²) in [6, 6.07) is 9.92. The van der Waals surface area contributed by atoms with Gasteiger partial charge in [-0.15, -0.1) is 0 Å². The predicted molar refractivity (Wildman–Crippen MR) is 72.4 cm³/mol. The van der Waals surface area contributed by atoms with E-state index >= 15 is 0 Å². The van der Waals surface area contributed by atoms with Gasteiger partial charge in [-0.1, -0.05) is 36.4 Å². The van der Waals surface area contributed by atoms with E-state index in [0.717, 1.165) is 5.56 Å². The van der Waals surface area contributed by atoms with E-state index in [9.17, 15) is 4.79 Å². The van der Waals surface area contributed by atoms with Crippen molar-refractivity contribution in [3.05, 3.63) is 48.0 Å². The Kier molecular flexibility index (Phi) is 7.54. The highest BCUT2D eigenvalue weighted by atomic mass is 16.7. The zero-order valence-electron chi connectivity index (χ0n) is 11.4. The smallest absolute Gasteiger partial charge is 0.330 e. The second-order valence-corrected chi connectivity index (χ2v) is 4.09. The zero-order chi connectivity index (χ0) is 13.9.